The second-order valence-electron chi connectivity index (χ2n) is 10.8. The average Bonchev–Trinajstić information content (AvgIpc) is 3.02. The van der Waals surface area contributed by atoms with Gasteiger partial charge in [-0.05, 0) is 86.5 Å². The normalized spacial score (nSPS) is 14.5. The van der Waals surface area contributed by atoms with E-state index in [-0.39, 0.29) is 0 Å². The summed E-state index contributed by atoms with van der Waals surface area (Å²) in [7, 11) is 1.50. The quantitative estimate of drug-likeness (QED) is 0.0932. The van der Waals surface area contributed by atoms with E-state index in [1.54, 1.807) is 0 Å². The first-order chi connectivity index (χ1) is 20.2. The fourth-order valence-corrected chi connectivity index (χ4v) is 5.79. The van der Waals surface area contributed by atoms with E-state index >= 15 is 0 Å². The third kappa shape index (κ3) is 12.4. The van der Waals surface area contributed by atoms with Gasteiger partial charge in [0.2, 0.25) is 6.41 Å². The summed E-state index contributed by atoms with van der Waals surface area (Å²) in [6.07, 6.45) is 13.7. The van der Waals surface area contributed by atoms with E-state index in [0.717, 1.165) is 26.1 Å². The van der Waals surface area contributed by atoms with Crippen LogP contribution in [-0.2, 0) is 17.8 Å². The van der Waals surface area contributed by atoms with Gasteiger partial charge in [0.05, 0.1) is 6.34 Å². The van der Waals surface area contributed by atoms with Gasteiger partial charge in [0, 0.05) is 19.6 Å². The van der Waals surface area contributed by atoms with Crippen molar-refractivity contribution in [3.05, 3.63) is 83.9 Å². The lowest BCUT2D eigenvalue weighted by Gasteiger charge is -2.42. The lowest BCUT2D eigenvalue weighted by atomic mass is 9.70. The summed E-state index contributed by atoms with van der Waals surface area (Å²) in [4.78, 5) is 16.1. The van der Waals surface area contributed by atoms with Gasteiger partial charge in [-0.1, -0.05) is 98.5 Å². The molecule has 0 saturated carbocycles. The monoisotopic (exact) mass is 559 g/mol. The number of nitrogens with one attached hydrogen (secondary N) is 1. The summed E-state index contributed by atoms with van der Waals surface area (Å²) >= 11 is 0. The molecule has 1 aliphatic rings. The molecule has 1 saturated heterocycles. The Hall–Kier alpha value is -3.22. The molecule has 1 amide bonds. The Morgan fingerprint density at radius 1 is 0.878 bits per heavy atom. The third-order valence-electron chi connectivity index (χ3n) is 8.00. The Bertz CT molecular complexity index is 1100. The van der Waals surface area contributed by atoms with Gasteiger partial charge in [0.25, 0.3) is 0 Å². The van der Waals surface area contributed by atoms with Crippen LogP contribution in [0.4, 0.5) is 0 Å². The second-order valence-corrected chi connectivity index (χ2v) is 10.8. The van der Waals surface area contributed by atoms with Gasteiger partial charge in [-0.15, -0.1) is 0 Å². The molecule has 0 aromatic heterocycles. The van der Waals surface area contributed by atoms with Crippen molar-refractivity contribution in [2.75, 3.05) is 33.2 Å². The molecule has 1 fully saturated rings. The van der Waals surface area contributed by atoms with Crippen LogP contribution in [-0.4, -0.2) is 50.9 Å². The summed E-state index contributed by atoms with van der Waals surface area (Å²) in [5.74, 6) is 0. The SMILES string of the molecule is CCNC=O.CN.NC=NCCCCCCCC1(Cc2ccccc2)CCN(Cc2cccc3ccccc23)CC1. The fourth-order valence-electron chi connectivity index (χ4n) is 5.79. The molecule has 0 unspecified atom stereocenters. The number of piperidine rings is 1. The molecule has 4 rings (SSSR count). The molecule has 1 heterocycles. The number of rotatable bonds is 14. The topological polar surface area (TPSA) is 96.7 Å². The highest BCUT2D eigenvalue weighted by Crippen LogP contribution is 2.40. The minimum atomic E-state index is 0.445. The fraction of sp³-hybridized carbons (Fsp3) is 0.486. The summed E-state index contributed by atoms with van der Waals surface area (Å²) in [6, 6.07) is 26.7. The van der Waals surface area contributed by atoms with Gasteiger partial charge in [0.1, 0.15) is 0 Å². The second kappa shape index (κ2) is 20.6. The van der Waals surface area contributed by atoms with Crippen molar-refractivity contribution in [2.24, 2.45) is 21.9 Å². The number of benzene rings is 3. The number of nitrogens with zero attached hydrogens (tertiary/aromatic N) is 2. The highest BCUT2D eigenvalue weighted by Gasteiger charge is 2.34. The molecule has 6 nitrogen and oxygen atoms in total. The van der Waals surface area contributed by atoms with Crippen LogP contribution in [0.5, 0.6) is 0 Å². The van der Waals surface area contributed by atoms with Crippen LogP contribution in [0.25, 0.3) is 10.8 Å². The first-order valence-corrected chi connectivity index (χ1v) is 15.4. The van der Waals surface area contributed by atoms with E-state index in [1.165, 1.54) is 99.7 Å². The number of fused-ring (bicyclic) bond motifs is 1. The van der Waals surface area contributed by atoms with Crippen molar-refractivity contribution in [1.29, 1.82) is 0 Å². The molecule has 0 aliphatic carbocycles. The summed E-state index contributed by atoms with van der Waals surface area (Å²) in [6.45, 7) is 6.94. The molecule has 3 aromatic carbocycles. The lowest BCUT2D eigenvalue weighted by Crippen LogP contribution is -2.41. The molecule has 0 spiro atoms. The Labute approximate surface area is 248 Å². The van der Waals surface area contributed by atoms with Crippen LogP contribution in [0.1, 0.15) is 69.4 Å². The molecular weight excluding hydrogens is 506 g/mol. The van der Waals surface area contributed by atoms with E-state index in [1.807, 2.05) is 6.92 Å². The molecule has 224 valence electrons. The molecule has 3 aromatic rings. The maximum Gasteiger partial charge on any atom is 0.207 e. The van der Waals surface area contributed by atoms with Crippen LogP contribution in [0.3, 0.4) is 0 Å². The zero-order valence-electron chi connectivity index (χ0n) is 25.4. The van der Waals surface area contributed by atoms with Crippen LogP contribution in [0, 0.1) is 5.41 Å². The van der Waals surface area contributed by atoms with Crippen LogP contribution in [0.15, 0.2) is 77.8 Å². The molecule has 1 aliphatic heterocycles. The zero-order chi connectivity index (χ0) is 29.6. The van der Waals surface area contributed by atoms with Crippen molar-refractivity contribution < 1.29 is 4.79 Å². The van der Waals surface area contributed by atoms with Gasteiger partial charge in [0.15, 0.2) is 0 Å². The Morgan fingerprint density at radius 2 is 1.54 bits per heavy atom. The van der Waals surface area contributed by atoms with Crippen LogP contribution < -0.4 is 16.8 Å². The minimum absolute atomic E-state index is 0.445. The molecule has 0 bridgehead atoms. The lowest BCUT2D eigenvalue weighted by molar-refractivity contribution is -0.109. The van der Waals surface area contributed by atoms with E-state index in [2.05, 4.69) is 93.7 Å². The smallest absolute Gasteiger partial charge is 0.207 e. The Kier molecular flexibility index (Phi) is 17.1. The number of aliphatic imine (C=N–C) groups is 1. The summed E-state index contributed by atoms with van der Waals surface area (Å²) in [5, 5.41) is 5.19. The third-order valence-corrected chi connectivity index (χ3v) is 8.00. The highest BCUT2D eigenvalue weighted by molar-refractivity contribution is 5.85. The van der Waals surface area contributed by atoms with Crippen molar-refractivity contribution >= 4 is 23.5 Å². The summed E-state index contributed by atoms with van der Waals surface area (Å²) < 4.78 is 0. The van der Waals surface area contributed by atoms with Crippen LogP contribution in [0.2, 0.25) is 0 Å². The number of likely N-dealkylation sites (tertiary alicyclic amines) is 1. The van der Waals surface area contributed by atoms with Crippen molar-refractivity contribution in [3.8, 4) is 0 Å². The highest BCUT2D eigenvalue weighted by atomic mass is 16.1. The van der Waals surface area contributed by atoms with Gasteiger partial charge in [-0.3, -0.25) is 14.7 Å². The molecule has 5 N–H and O–H groups in total. The number of carbonyl (C=O) groups excluding carboxylic acids is 1. The van der Waals surface area contributed by atoms with Gasteiger partial charge >= 0.3 is 0 Å². The number of unbranched alkanes of at least 4 members (excludes halogenated alkanes) is 4. The van der Waals surface area contributed by atoms with Crippen LogP contribution >= 0.6 is 0 Å². The van der Waals surface area contributed by atoms with E-state index < -0.39 is 0 Å². The molecule has 0 radical (unpaired) electrons. The van der Waals surface area contributed by atoms with Gasteiger partial charge in [-0.2, -0.15) is 0 Å². The first-order valence-electron chi connectivity index (χ1n) is 15.4. The van der Waals surface area contributed by atoms with Crippen molar-refractivity contribution in [2.45, 2.75) is 71.3 Å². The molecule has 0 atom stereocenters. The molecule has 41 heavy (non-hydrogen) atoms. The standard InChI is InChI=1S/C31H41N3.C3H7NO.CH5N/c32-26-33-21-10-3-1-2-9-18-31(24-27-12-5-4-6-13-27)19-22-34(23-20-31)25-29-16-11-15-28-14-7-8-17-30(28)29;1-2-4-3-5;1-2/h4-8,11-17,26H,1-3,9-10,18-25H2,(H2,32,33);3H,2H2,1H3,(H,4,5);2H2,1H3. The number of carbonyl (C=O) groups is 1. The van der Waals surface area contributed by atoms with Gasteiger partial charge in [-0.25, -0.2) is 0 Å². The van der Waals surface area contributed by atoms with E-state index in [9.17, 15) is 4.79 Å². The number of hydrogen-bond acceptors (Lipinski definition) is 4. The van der Waals surface area contributed by atoms with E-state index in [4.69, 9.17) is 5.73 Å². The maximum atomic E-state index is 9.29. The predicted octanol–water partition coefficient (Wildman–Crippen LogP) is 6.32. The maximum absolute atomic E-state index is 9.29. The Morgan fingerprint density at radius 3 is 2.22 bits per heavy atom. The molecule has 6 heteroatoms. The predicted molar refractivity (Wildman–Crippen MR) is 176 cm³/mol. The largest absolute Gasteiger partial charge is 0.390 e. The molecular formula is C35H53N5O. The number of nitrogens with two attached hydrogens (primary N) is 2. The number of hydrogen-bond donors (Lipinski definition) is 3. The van der Waals surface area contributed by atoms with E-state index in [0.29, 0.717) is 11.8 Å². The van der Waals surface area contributed by atoms with Gasteiger partial charge < -0.3 is 16.8 Å². The summed E-state index contributed by atoms with van der Waals surface area (Å²) in [5.41, 5.74) is 13.2. The minimum Gasteiger partial charge on any atom is -0.390 e. The van der Waals surface area contributed by atoms with Crippen molar-refractivity contribution in [3.63, 3.8) is 0 Å². The van der Waals surface area contributed by atoms with Crippen molar-refractivity contribution in [1.82, 2.24) is 10.2 Å². The average molecular weight is 560 g/mol. The first kappa shape index (κ1) is 34.0. The Balaban J connectivity index is 0.000000759. The number of amides is 1. The zero-order valence-corrected chi connectivity index (χ0v) is 25.4.